The summed E-state index contributed by atoms with van der Waals surface area (Å²) in [5.41, 5.74) is 3.85. The van der Waals surface area contributed by atoms with Gasteiger partial charge in [0, 0.05) is 30.7 Å². The molecule has 2 saturated heterocycles. The fourth-order valence-corrected chi connectivity index (χ4v) is 4.43. The molecule has 2 aliphatic heterocycles. The van der Waals surface area contributed by atoms with E-state index < -0.39 is 0 Å². The Morgan fingerprint density at radius 3 is 2.43 bits per heavy atom. The first-order valence-corrected chi connectivity index (χ1v) is 9.91. The molecule has 2 aromatic rings. The predicted molar refractivity (Wildman–Crippen MR) is 109 cm³/mol. The molecule has 0 unspecified atom stereocenters. The molecule has 1 aliphatic carbocycles. The fraction of sp³-hybridized carbons (Fsp3) is 0.391. The molecular weight excluding hydrogens is 350 g/mol. The van der Waals surface area contributed by atoms with Crippen molar-refractivity contribution in [3.8, 4) is 0 Å². The SMILES string of the molecule is Cc1ccc(CNC(=O)c2cccc(CNC(=O)N3CC4CC3(C)C4)c2)cc1. The summed E-state index contributed by atoms with van der Waals surface area (Å²) in [7, 11) is 0. The summed E-state index contributed by atoms with van der Waals surface area (Å²) >= 11 is 0. The molecule has 2 bridgehead atoms. The number of hydrogen-bond acceptors (Lipinski definition) is 2. The van der Waals surface area contributed by atoms with Crippen LogP contribution in [0.2, 0.25) is 0 Å². The zero-order chi connectivity index (χ0) is 19.7. The first kappa shape index (κ1) is 18.5. The van der Waals surface area contributed by atoms with Gasteiger partial charge < -0.3 is 15.5 Å². The van der Waals surface area contributed by atoms with Gasteiger partial charge in [0.25, 0.3) is 5.91 Å². The minimum atomic E-state index is -0.110. The molecule has 5 heteroatoms. The zero-order valence-corrected chi connectivity index (χ0v) is 16.5. The van der Waals surface area contributed by atoms with Crippen LogP contribution >= 0.6 is 0 Å². The third-order valence-corrected chi connectivity index (χ3v) is 6.00. The quantitative estimate of drug-likeness (QED) is 0.836. The van der Waals surface area contributed by atoms with Crippen molar-refractivity contribution in [2.75, 3.05) is 6.54 Å². The number of fused-ring (bicyclic) bond motifs is 1. The minimum Gasteiger partial charge on any atom is -0.348 e. The Morgan fingerprint density at radius 2 is 1.75 bits per heavy atom. The van der Waals surface area contributed by atoms with Crippen molar-refractivity contribution < 1.29 is 9.59 Å². The van der Waals surface area contributed by atoms with Gasteiger partial charge in [-0.15, -0.1) is 0 Å². The summed E-state index contributed by atoms with van der Waals surface area (Å²) < 4.78 is 0. The number of carbonyl (C=O) groups excluding carboxylic acids is 2. The molecular formula is C23H27N3O2. The van der Waals surface area contributed by atoms with E-state index >= 15 is 0 Å². The van der Waals surface area contributed by atoms with Crippen LogP contribution in [0.5, 0.6) is 0 Å². The molecule has 5 rings (SSSR count). The lowest BCUT2D eigenvalue weighted by Gasteiger charge is -2.38. The largest absolute Gasteiger partial charge is 0.348 e. The number of hydrogen-bond donors (Lipinski definition) is 2. The van der Waals surface area contributed by atoms with Crippen molar-refractivity contribution in [3.63, 3.8) is 0 Å². The Labute approximate surface area is 166 Å². The van der Waals surface area contributed by atoms with E-state index in [1.54, 1.807) is 6.07 Å². The van der Waals surface area contributed by atoms with Crippen LogP contribution in [0.25, 0.3) is 0 Å². The molecule has 3 amide bonds. The second kappa shape index (κ2) is 7.30. The van der Waals surface area contributed by atoms with Gasteiger partial charge in [0.15, 0.2) is 0 Å². The number of aryl methyl sites for hydroxylation is 1. The summed E-state index contributed by atoms with van der Waals surface area (Å²) in [6, 6.07) is 15.5. The predicted octanol–water partition coefficient (Wildman–Crippen LogP) is 3.62. The Hall–Kier alpha value is -2.82. The number of rotatable bonds is 5. The monoisotopic (exact) mass is 377 g/mol. The number of amides is 3. The number of benzene rings is 2. The van der Waals surface area contributed by atoms with Gasteiger partial charge in [-0.05, 0) is 55.9 Å². The third kappa shape index (κ3) is 3.75. The molecule has 146 valence electrons. The van der Waals surface area contributed by atoms with Crippen LogP contribution in [0.1, 0.15) is 46.8 Å². The highest BCUT2D eigenvalue weighted by molar-refractivity contribution is 5.94. The van der Waals surface area contributed by atoms with Gasteiger partial charge in [-0.25, -0.2) is 4.79 Å². The maximum atomic E-state index is 12.5. The Morgan fingerprint density at radius 1 is 1.04 bits per heavy atom. The van der Waals surface area contributed by atoms with Crippen molar-refractivity contribution in [1.82, 2.24) is 15.5 Å². The van der Waals surface area contributed by atoms with Gasteiger partial charge in [-0.1, -0.05) is 42.0 Å². The van der Waals surface area contributed by atoms with Crippen molar-refractivity contribution >= 4 is 11.9 Å². The smallest absolute Gasteiger partial charge is 0.318 e. The molecule has 5 nitrogen and oxygen atoms in total. The second-order valence-electron chi connectivity index (χ2n) is 8.41. The molecule has 3 aliphatic rings. The Bertz CT molecular complexity index is 885. The van der Waals surface area contributed by atoms with Gasteiger partial charge in [0.1, 0.15) is 0 Å². The van der Waals surface area contributed by atoms with Gasteiger partial charge in [0.2, 0.25) is 0 Å². The Balaban J connectivity index is 1.31. The standard InChI is InChI=1S/C23H27N3O2/c1-16-6-8-17(9-7-16)13-24-21(27)20-5-3-4-18(10-20)14-25-22(28)26-15-19-11-23(26,2)12-19/h3-10,19H,11-15H2,1-2H3,(H,24,27)(H,25,28). The van der Waals surface area contributed by atoms with Crippen LogP contribution < -0.4 is 10.6 Å². The van der Waals surface area contributed by atoms with Crippen molar-refractivity contribution in [2.45, 2.75) is 45.3 Å². The molecule has 3 fully saturated rings. The highest BCUT2D eigenvalue weighted by Crippen LogP contribution is 2.49. The minimum absolute atomic E-state index is 0.00303. The third-order valence-electron chi connectivity index (χ3n) is 6.00. The van der Waals surface area contributed by atoms with E-state index in [1.165, 1.54) is 5.56 Å². The van der Waals surface area contributed by atoms with E-state index in [0.717, 1.165) is 30.5 Å². The second-order valence-corrected chi connectivity index (χ2v) is 8.41. The maximum absolute atomic E-state index is 12.5. The van der Waals surface area contributed by atoms with Crippen LogP contribution in [-0.2, 0) is 13.1 Å². The summed E-state index contributed by atoms with van der Waals surface area (Å²) in [6.45, 7) is 5.99. The lowest BCUT2D eigenvalue weighted by Crippen LogP contribution is -2.49. The summed E-state index contributed by atoms with van der Waals surface area (Å²) in [6.07, 6.45) is 2.24. The average molecular weight is 377 g/mol. The van der Waals surface area contributed by atoms with E-state index in [9.17, 15) is 9.59 Å². The molecule has 1 saturated carbocycles. The van der Waals surface area contributed by atoms with Gasteiger partial charge in [-0.3, -0.25) is 4.79 Å². The van der Waals surface area contributed by atoms with Gasteiger partial charge in [-0.2, -0.15) is 0 Å². The average Bonchev–Trinajstić information content (AvgIpc) is 3.19. The molecule has 0 spiro atoms. The van der Waals surface area contributed by atoms with E-state index in [2.05, 4.69) is 17.6 Å². The number of nitrogens with zero attached hydrogens (tertiary/aromatic N) is 1. The number of urea groups is 1. The van der Waals surface area contributed by atoms with E-state index in [4.69, 9.17) is 0 Å². The fourth-order valence-electron chi connectivity index (χ4n) is 4.43. The molecule has 28 heavy (non-hydrogen) atoms. The molecule has 0 atom stereocenters. The molecule has 0 radical (unpaired) electrons. The van der Waals surface area contributed by atoms with Crippen molar-refractivity contribution in [3.05, 3.63) is 70.8 Å². The lowest BCUT2D eigenvalue weighted by atomic mass is 9.75. The van der Waals surface area contributed by atoms with Crippen LogP contribution in [0.3, 0.4) is 0 Å². The zero-order valence-electron chi connectivity index (χ0n) is 16.5. The first-order valence-electron chi connectivity index (χ1n) is 9.91. The summed E-state index contributed by atoms with van der Waals surface area (Å²) in [5, 5.41) is 5.96. The van der Waals surface area contributed by atoms with Crippen molar-refractivity contribution in [2.24, 2.45) is 5.92 Å². The van der Waals surface area contributed by atoms with Crippen molar-refractivity contribution in [1.29, 1.82) is 0 Å². The van der Waals surface area contributed by atoms with E-state index in [1.807, 2.05) is 54.3 Å². The number of nitrogens with one attached hydrogen (secondary N) is 2. The summed E-state index contributed by atoms with van der Waals surface area (Å²) in [5.74, 6) is 0.568. The number of carbonyl (C=O) groups is 2. The highest BCUT2D eigenvalue weighted by Gasteiger charge is 2.54. The van der Waals surface area contributed by atoms with Gasteiger partial charge >= 0.3 is 6.03 Å². The summed E-state index contributed by atoms with van der Waals surface area (Å²) in [4.78, 5) is 26.9. The molecule has 0 aromatic heterocycles. The lowest BCUT2D eigenvalue weighted by molar-refractivity contribution is 0.0950. The van der Waals surface area contributed by atoms with Crippen LogP contribution in [-0.4, -0.2) is 28.9 Å². The Kier molecular flexibility index (Phi) is 4.84. The van der Waals surface area contributed by atoms with Crippen LogP contribution in [0, 0.1) is 12.8 Å². The molecule has 2 heterocycles. The van der Waals surface area contributed by atoms with E-state index in [0.29, 0.717) is 24.6 Å². The maximum Gasteiger partial charge on any atom is 0.318 e. The molecule has 2 aromatic carbocycles. The topological polar surface area (TPSA) is 61.4 Å². The molecule has 2 N–H and O–H groups in total. The van der Waals surface area contributed by atoms with Crippen LogP contribution in [0.15, 0.2) is 48.5 Å². The van der Waals surface area contributed by atoms with E-state index in [-0.39, 0.29) is 17.5 Å². The normalized spacial score (nSPS) is 22.5. The highest BCUT2D eigenvalue weighted by atomic mass is 16.2. The van der Waals surface area contributed by atoms with Gasteiger partial charge in [0.05, 0.1) is 0 Å². The van der Waals surface area contributed by atoms with Crippen LogP contribution in [0.4, 0.5) is 4.79 Å². The first-order chi connectivity index (χ1) is 13.4.